The van der Waals surface area contributed by atoms with E-state index in [4.69, 9.17) is 14.2 Å². The van der Waals surface area contributed by atoms with E-state index in [2.05, 4.69) is 0 Å². The molecule has 1 aliphatic heterocycles. The van der Waals surface area contributed by atoms with Crippen molar-refractivity contribution in [1.82, 2.24) is 0 Å². The highest BCUT2D eigenvalue weighted by molar-refractivity contribution is 6.16. The number of hydrogen-bond donors (Lipinski definition) is 4. The molecule has 0 aromatic heterocycles. The normalized spacial score (nSPS) is 26.5. The van der Waals surface area contributed by atoms with Crippen LogP contribution in [-0.4, -0.2) is 68.9 Å². The van der Waals surface area contributed by atoms with Crippen molar-refractivity contribution in [2.75, 3.05) is 0 Å². The fraction of sp³-hybridized carbons (Fsp3) is 0.370. The second-order valence-corrected chi connectivity index (χ2v) is 9.48. The summed E-state index contributed by atoms with van der Waals surface area (Å²) in [6, 6.07) is 7.42. The zero-order chi connectivity index (χ0) is 27.2. The molecule has 1 heterocycles. The maximum absolute atomic E-state index is 13.3. The van der Waals surface area contributed by atoms with Crippen LogP contribution >= 0.6 is 0 Å². The van der Waals surface area contributed by atoms with Gasteiger partial charge < -0.3 is 34.6 Å². The number of rotatable bonds is 4. The smallest absolute Gasteiger partial charge is 0.331 e. The van der Waals surface area contributed by atoms with Gasteiger partial charge in [0.15, 0.2) is 12.2 Å². The number of aryl methyl sites for hydroxylation is 1. The summed E-state index contributed by atoms with van der Waals surface area (Å²) in [7, 11) is 0. The van der Waals surface area contributed by atoms with Gasteiger partial charge in [0.2, 0.25) is 12.1 Å². The zero-order valence-corrected chi connectivity index (χ0v) is 20.7. The second-order valence-electron chi connectivity index (χ2n) is 9.48. The van der Waals surface area contributed by atoms with Crippen LogP contribution in [0, 0.1) is 6.92 Å². The summed E-state index contributed by atoms with van der Waals surface area (Å²) < 4.78 is 16.4. The molecule has 0 saturated carbocycles. The molecule has 2 aromatic carbocycles. The Labute approximate surface area is 212 Å². The van der Waals surface area contributed by atoms with Crippen molar-refractivity contribution in [2.45, 2.75) is 64.3 Å². The first-order chi connectivity index (χ1) is 17.4. The molecule has 196 valence electrons. The predicted octanol–water partition coefficient (Wildman–Crippen LogP) is 1.97. The average molecular weight is 513 g/mol. The number of ether oxygens (including phenoxy) is 3. The van der Waals surface area contributed by atoms with Gasteiger partial charge >= 0.3 is 11.9 Å². The van der Waals surface area contributed by atoms with E-state index in [1.54, 1.807) is 32.9 Å². The maximum Gasteiger partial charge on any atom is 0.331 e. The molecular weight excluding hydrogens is 484 g/mol. The van der Waals surface area contributed by atoms with E-state index in [9.17, 15) is 34.8 Å². The Morgan fingerprint density at radius 2 is 1.62 bits per heavy atom. The SMILES string of the molecule is CC(=O)O[C@H]1O[C@H]([C@@H]2c3cccc(O)c3C(=O)c3c(O)cc(C)cc32)[C@H](O)[C@@H](OC(=O)C=C(C)C)[C@@H]1O. The number of carbonyl (C=O) groups is 3. The van der Waals surface area contributed by atoms with Crippen LogP contribution in [0.5, 0.6) is 11.5 Å². The van der Waals surface area contributed by atoms with Gasteiger partial charge in [0.25, 0.3) is 0 Å². The number of phenols is 2. The van der Waals surface area contributed by atoms with Gasteiger partial charge in [-0.15, -0.1) is 0 Å². The van der Waals surface area contributed by atoms with Gasteiger partial charge in [0.05, 0.1) is 11.1 Å². The summed E-state index contributed by atoms with van der Waals surface area (Å²) in [6.07, 6.45) is -6.77. The van der Waals surface area contributed by atoms with E-state index < -0.39 is 54.3 Å². The molecule has 1 saturated heterocycles. The third kappa shape index (κ3) is 4.83. The molecule has 10 heteroatoms. The zero-order valence-electron chi connectivity index (χ0n) is 20.7. The van der Waals surface area contributed by atoms with Crippen molar-refractivity contribution in [1.29, 1.82) is 0 Å². The van der Waals surface area contributed by atoms with Crippen molar-refractivity contribution in [2.24, 2.45) is 0 Å². The molecule has 0 unspecified atom stereocenters. The van der Waals surface area contributed by atoms with Crippen LogP contribution in [-0.2, 0) is 23.8 Å². The van der Waals surface area contributed by atoms with Crippen molar-refractivity contribution in [3.05, 3.63) is 69.8 Å². The Balaban J connectivity index is 1.89. The largest absolute Gasteiger partial charge is 0.507 e. The van der Waals surface area contributed by atoms with Gasteiger partial charge in [-0.25, -0.2) is 4.79 Å². The maximum atomic E-state index is 13.3. The van der Waals surface area contributed by atoms with E-state index >= 15 is 0 Å². The van der Waals surface area contributed by atoms with Crippen LogP contribution < -0.4 is 0 Å². The number of allylic oxidation sites excluding steroid dienone is 1. The molecule has 0 amide bonds. The summed E-state index contributed by atoms with van der Waals surface area (Å²) >= 11 is 0. The molecule has 4 N–H and O–H groups in total. The molecule has 1 fully saturated rings. The van der Waals surface area contributed by atoms with Crippen molar-refractivity contribution in [3.8, 4) is 11.5 Å². The highest BCUT2D eigenvalue weighted by Crippen LogP contribution is 2.47. The molecule has 2 aromatic rings. The number of phenolic OH excluding ortho intramolecular Hbond substituents is 2. The standard InChI is InChI=1S/C27H28O10/c1-11(2)8-18(31)36-26-23(33)25(37-27(24(26)34)35-13(4)28)19-14-6-5-7-16(29)20(14)22(32)21-15(19)9-12(3)10-17(21)30/h5-10,19,23-27,29-30,33-34H,1-4H3/t19-,23+,24+,25-,26-,27+/m1/s1. The van der Waals surface area contributed by atoms with Crippen molar-refractivity contribution >= 4 is 17.7 Å². The van der Waals surface area contributed by atoms with Crippen LogP contribution in [0.25, 0.3) is 0 Å². The fourth-order valence-corrected chi connectivity index (χ4v) is 4.94. The second kappa shape index (κ2) is 9.97. The Morgan fingerprint density at radius 3 is 2.27 bits per heavy atom. The fourth-order valence-electron chi connectivity index (χ4n) is 4.94. The van der Waals surface area contributed by atoms with Crippen LogP contribution in [0.2, 0.25) is 0 Å². The van der Waals surface area contributed by atoms with Crippen LogP contribution in [0.3, 0.4) is 0 Å². The van der Waals surface area contributed by atoms with Gasteiger partial charge in [-0.2, -0.15) is 0 Å². The number of carbonyl (C=O) groups excluding carboxylic acids is 3. The Bertz CT molecular complexity index is 1290. The van der Waals surface area contributed by atoms with Crippen LogP contribution in [0.15, 0.2) is 42.0 Å². The lowest BCUT2D eigenvalue weighted by Gasteiger charge is -2.45. The van der Waals surface area contributed by atoms with Crippen molar-refractivity contribution in [3.63, 3.8) is 0 Å². The third-order valence-corrected chi connectivity index (χ3v) is 6.34. The number of benzene rings is 2. The number of esters is 2. The first-order valence-electron chi connectivity index (χ1n) is 11.6. The summed E-state index contributed by atoms with van der Waals surface area (Å²) in [4.78, 5) is 37.5. The monoisotopic (exact) mass is 512 g/mol. The predicted molar refractivity (Wildman–Crippen MR) is 128 cm³/mol. The molecule has 0 bridgehead atoms. The van der Waals surface area contributed by atoms with Gasteiger partial charge in [-0.1, -0.05) is 23.8 Å². The number of aliphatic hydroxyl groups is 2. The highest BCUT2D eigenvalue weighted by Gasteiger charge is 2.53. The van der Waals surface area contributed by atoms with Gasteiger partial charge in [0, 0.05) is 18.9 Å². The van der Waals surface area contributed by atoms with E-state index in [1.165, 1.54) is 24.3 Å². The lowest BCUT2D eigenvalue weighted by molar-refractivity contribution is -0.291. The minimum Gasteiger partial charge on any atom is -0.507 e. The van der Waals surface area contributed by atoms with E-state index in [0.717, 1.165) is 6.92 Å². The minimum absolute atomic E-state index is 0.0892. The van der Waals surface area contributed by atoms with E-state index in [0.29, 0.717) is 11.1 Å². The molecule has 6 atom stereocenters. The Morgan fingerprint density at radius 1 is 0.946 bits per heavy atom. The third-order valence-electron chi connectivity index (χ3n) is 6.34. The number of aromatic hydroxyl groups is 2. The molecule has 1 aliphatic carbocycles. The molecule has 0 radical (unpaired) electrons. The Hall–Kier alpha value is -3.73. The lowest BCUT2D eigenvalue weighted by Crippen LogP contribution is -2.61. The van der Waals surface area contributed by atoms with Crippen molar-refractivity contribution < 1.29 is 49.0 Å². The molecule has 4 rings (SSSR count). The molecular formula is C27H28O10. The lowest BCUT2D eigenvalue weighted by atomic mass is 9.71. The summed E-state index contributed by atoms with van der Waals surface area (Å²) in [5.74, 6) is -3.91. The number of aliphatic hydroxyl groups excluding tert-OH is 2. The van der Waals surface area contributed by atoms with E-state index in [1.807, 2.05) is 0 Å². The number of fused-ring (bicyclic) bond motifs is 2. The number of ketones is 1. The van der Waals surface area contributed by atoms with Gasteiger partial charge in [0.1, 0.15) is 23.7 Å². The molecule has 0 spiro atoms. The summed E-state index contributed by atoms with van der Waals surface area (Å²) in [5, 5.41) is 43.4. The highest BCUT2D eigenvalue weighted by atomic mass is 16.7. The first kappa shape index (κ1) is 26.3. The molecule has 37 heavy (non-hydrogen) atoms. The van der Waals surface area contributed by atoms with Crippen LogP contribution in [0.4, 0.5) is 0 Å². The minimum atomic E-state index is -1.73. The number of hydrogen-bond acceptors (Lipinski definition) is 10. The average Bonchev–Trinajstić information content (AvgIpc) is 2.78. The Kier molecular flexibility index (Phi) is 7.09. The molecule has 2 aliphatic rings. The summed E-state index contributed by atoms with van der Waals surface area (Å²) in [5.41, 5.74) is 1.60. The van der Waals surface area contributed by atoms with E-state index in [-0.39, 0.29) is 33.8 Å². The summed E-state index contributed by atoms with van der Waals surface area (Å²) in [6.45, 7) is 6.13. The van der Waals surface area contributed by atoms with Gasteiger partial charge in [-0.05, 0) is 49.6 Å². The topological polar surface area (TPSA) is 160 Å². The van der Waals surface area contributed by atoms with Gasteiger partial charge in [-0.3, -0.25) is 9.59 Å². The first-order valence-corrected chi connectivity index (χ1v) is 11.6. The van der Waals surface area contributed by atoms with Crippen LogP contribution in [0.1, 0.15) is 59.3 Å². The molecule has 10 nitrogen and oxygen atoms in total. The quantitative estimate of drug-likeness (QED) is 0.352.